The number of thioether (sulfide) groups is 1. The van der Waals surface area contributed by atoms with E-state index in [1.807, 2.05) is 6.92 Å². The fourth-order valence-corrected chi connectivity index (χ4v) is 6.97. The van der Waals surface area contributed by atoms with Gasteiger partial charge in [0.25, 0.3) is 0 Å². The number of carbonyl (C=O) groups is 3. The molecule has 5 N–H and O–H groups in total. The molecule has 7 atom stereocenters. The van der Waals surface area contributed by atoms with Crippen LogP contribution in [0.3, 0.4) is 0 Å². The Morgan fingerprint density at radius 3 is 2.73 bits per heavy atom. The van der Waals surface area contributed by atoms with Gasteiger partial charge in [0.15, 0.2) is 0 Å². The molecule has 0 radical (unpaired) electrons. The minimum atomic E-state index is -1.08. The molecule has 4 rings (SSSR count). The third-order valence-electron chi connectivity index (χ3n) is 6.92. The fourth-order valence-electron chi connectivity index (χ4n) is 5.45. The number of fused-ring (bicyclic) bond motifs is 1. The maximum atomic E-state index is 12.5. The van der Waals surface area contributed by atoms with Gasteiger partial charge in [0, 0.05) is 29.2 Å². The van der Waals surface area contributed by atoms with E-state index in [2.05, 4.69) is 10.2 Å². The zero-order chi connectivity index (χ0) is 21.7. The van der Waals surface area contributed by atoms with Crippen LogP contribution in [0, 0.1) is 17.8 Å². The third kappa shape index (κ3) is 3.63. The number of carboxylic acids is 1. The van der Waals surface area contributed by atoms with Crippen LogP contribution in [0.15, 0.2) is 10.6 Å². The number of likely N-dealkylation sites (tertiary alicyclic amines) is 1. The van der Waals surface area contributed by atoms with Crippen molar-refractivity contribution in [1.29, 1.82) is 0 Å². The molecule has 4 aliphatic heterocycles. The van der Waals surface area contributed by atoms with Crippen LogP contribution in [0.4, 0.5) is 0 Å². The minimum absolute atomic E-state index is 0.0946. The summed E-state index contributed by atoms with van der Waals surface area (Å²) in [6.07, 6.45) is 0.923. The number of carboxylic acid groups (broad SMARTS) is 1. The van der Waals surface area contributed by atoms with Gasteiger partial charge in [-0.3, -0.25) is 9.59 Å². The number of primary amides is 1. The summed E-state index contributed by atoms with van der Waals surface area (Å²) >= 11 is 1.58. The maximum Gasteiger partial charge on any atom is 0.353 e. The van der Waals surface area contributed by atoms with Crippen LogP contribution >= 0.6 is 11.8 Å². The first kappa shape index (κ1) is 21.6. The average Bonchev–Trinajstić information content (AvgIpc) is 3.35. The van der Waals surface area contributed by atoms with Gasteiger partial charge < -0.3 is 31.1 Å². The highest BCUT2D eigenvalue weighted by Gasteiger charge is 2.60. The van der Waals surface area contributed by atoms with Crippen LogP contribution in [0.2, 0.25) is 0 Å². The van der Waals surface area contributed by atoms with Crippen LogP contribution in [-0.4, -0.2) is 87.4 Å². The zero-order valence-electron chi connectivity index (χ0n) is 17.3. The Labute approximate surface area is 180 Å². The zero-order valence-corrected chi connectivity index (χ0v) is 18.1. The number of carbonyl (C=O) groups excluding carboxylic acids is 2. The smallest absolute Gasteiger partial charge is 0.353 e. The van der Waals surface area contributed by atoms with E-state index >= 15 is 0 Å². The molecule has 3 fully saturated rings. The third-order valence-corrected chi connectivity index (χ3v) is 8.45. The Hall–Kier alpha value is -1.62. The molecule has 30 heavy (non-hydrogen) atoms. The predicted molar refractivity (Wildman–Crippen MR) is 111 cm³/mol. The van der Waals surface area contributed by atoms with Gasteiger partial charge in [-0.1, -0.05) is 6.92 Å². The summed E-state index contributed by atoms with van der Waals surface area (Å²) in [6, 6.07) is -0.506. The fraction of sp³-hybridized carbons (Fsp3) is 0.750. The molecule has 0 aliphatic carbocycles. The van der Waals surface area contributed by atoms with E-state index in [0.717, 1.165) is 43.9 Å². The van der Waals surface area contributed by atoms with Gasteiger partial charge in [-0.05, 0) is 38.8 Å². The number of nitrogens with one attached hydrogen (secondary N) is 1. The number of aliphatic carboxylic acids is 1. The molecule has 9 nitrogen and oxygen atoms in total. The van der Waals surface area contributed by atoms with Crippen molar-refractivity contribution < 1.29 is 24.6 Å². The highest BCUT2D eigenvalue weighted by Crippen LogP contribution is 2.51. The average molecular weight is 439 g/mol. The van der Waals surface area contributed by atoms with Crippen LogP contribution in [0.1, 0.15) is 26.7 Å². The molecule has 2 amide bonds. The van der Waals surface area contributed by atoms with Gasteiger partial charge in [-0.25, -0.2) is 4.79 Å². The summed E-state index contributed by atoms with van der Waals surface area (Å²) in [6.45, 7) is 7.01. The number of aliphatic hydroxyl groups excluding tert-OH is 1. The van der Waals surface area contributed by atoms with Crippen molar-refractivity contribution in [1.82, 2.24) is 15.1 Å². The summed E-state index contributed by atoms with van der Waals surface area (Å²) < 4.78 is 0. The molecule has 0 bridgehead atoms. The topological polar surface area (TPSA) is 136 Å². The second-order valence-corrected chi connectivity index (χ2v) is 10.4. The van der Waals surface area contributed by atoms with E-state index in [4.69, 9.17) is 5.73 Å². The molecular weight excluding hydrogens is 408 g/mol. The van der Waals surface area contributed by atoms with Crippen molar-refractivity contribution in [3.63, 3.8) is 0 Å². The SMILES string of the molecule is C[C@@H](O)[C@H]1C(=O)N2C(C(=O)O)=C(S[C@@H]3CCN(C[C@@H]4CN[C@H](C(N)=O)C4)C3)[C@H](C)[C@H]12. The molecule has 0 unspecified atom stereocenters. The summed E-state index contributed by atoms with van der Waals surface area (Å²) in [5.74, 6) is -1.90. The number of nitrogens with zero attached hydrogens (tertiary/aromatic N) is 2. The molecule has 0 spiro atoms. The largest absolute Gasteiger partial charge is 0.477 e. The Bertz CT molecular complexity index is 787. The number of β-lactam (4-membered cyclic amide) rings is 1. The van der Waals surface area contributed by atoms with E-state index in [1.54, 1.807) is 18.7 Å². The molecule has 166 valence electrons. The quantitative estimate of drug-likeness (QED) is 0.387. The summed E-state index contributed by atoms with van der Waals surface area (Å²) in [5, 5.41) is 23.2. The first-order chi connectivity index (χ1) is 14.2. The normalized spacial score (nSPS) is 37.4. The minimum Gasteiger partial charge on any atom is -0.477 e. The van der Waals surface area contributed by atoms with Crippen molar-refractivity contribution in [2.24, 2.45) is 23.5 Å². The number of hydrogen-bond acceptors (Lipinski definition) is 7. The molecule has 3 saturated heterocycles. The van der Waals surface area contributed by atoms with Crippen molar-refractivity contribution >= 4 is 29.5 Å². The highest BCUT2D eigenvalue weighted by atomic mass is 32.2. The Balaban J connectivity index is 1.39. The molecular formula is C20H30N4O5S. The number of hydrogen-bond donors (Lipinski definition) is 4. The predicted octanol–water partition coefficient (Wildman–Crippen LogP) is -0.589. The van der Waals surface area contributed by atoms with Crippen LogP contribution in [0.5, 0.6) is 0 Å². The molecule has 0 aromatic heterocycles. The summed E-state index contributed by atoms with van der Waals surface area (Å²) in [4.78, 5) is 40.2. The van der Waals surface area contributed by atoms with E-state index in [1.165, 1.54) is 4.90 Å². The molecule has 4 aliphatic rings. The first-order valence-corrected chi connectivity index (χ1v) is 11.5. The number of amides is 2. The van der Waals surface area contributed by atoms with Crippen LogP contribution < -0.4 is 11.1 Å². The van der Waals surface area contributed by atoms with Crippen molar-refractivity contribution in [2.45, 2.75) is 50.1 Å². The standard InChI is InChI=1S/C20H30N4O5S/c1-9-15-14(10(2)25)19(27)24(15)16(20(28)29)17(9)30-12-3-4-23(8-12)7-11-5-13(18(21)26)22-6-11/h9-15,22,25H,3-8H2,1-2H3,(H2,21,26)(H,28,29)/t9-,10-,11+,12-,13+,14-,15-/m1/s1. The van der Waals surface area contributed by atoms with E-state index in [-0.39, 0.29) is 40.8 Å². The molecule has 0 saturated carbocycles. The molecule has 4 heterocycles. The highest BCUT2D eigenvalue weighted by molar-refractivity contribution is 8.03. The number of aliphatic hydroxyl groups is 1. The van der Waals surface area contributed by atoms with E-state index in [9.17, 15) is 24.6 Å². The van der Waals surface area contributed by atoms with E-state index in [0.29, 0.717) is 5.92 Å². The molecule has 0 aromatic rings. The molecule has 10 heteroatoms. The van der Waals surface area contributed by atoms with Gasteiger partial charge in [0.1, 0.15) is 5.70 Å². The van der Waals surface area contributed by atoms with Crippen LogP contribution in [-0.2, 0) is 14.4 Å². The lowest BCUT2D eigenvalue weighted by molar-refractivity contribution is -0.163. The molecule has 0 aromatic carbocycles. The van der Waals surface area contributed by atoms with Gasteiger partial charge >= 0.3 is 5.97 Å². The van der Waals surface area contributed by atoms with E-state index < -0.39 is 18.0 Å². The second-order valence-electron chi connectivity index (χ2n) is 9.02. The van der Waals surface area contributed by atoms with Crippen molar-refractivity contribution in [3.05, 3.63) is 10.6 Å². The monoisotopic (exact) mass is 438 g/mol. The van der Waals surface area contributed by atoms with Crippen molar-refractivity contribution in [2.75, 3.05) is 26.2 Å². The van der Waals surface area contributed by atoms with Gasteiger partial charge in [0.05, 0.1) is 24.1 Å². The number of rotatable bonds is 7. The lowest BCUT2D eigenvalue weighted by Crippen LogP contribution is -2.63. The lowest BCUT2D eigenvalue weighted by Gasteiger charge is -2.46. The van der Waals surface area contributed by atoms with Crippen molar-refractivity contribution in [3.8, 4) is 0 Å². The Morgan fingerprint density at radius 1 is 1.40 bits per heavy atom. The Morgan fingerprint density at radius 2 is 2.13 bits per heavy atom. The Kier molecular flexibility index (Phi) is 5.86. The lowest BCUT2D eigenvalue weighted by atomic mass is 9.79. The maximum absolute atomic E-state index is 12.5. The first-order valence-electron chi connectivity index (χ1n) is 10.6. The van der Waals surface area contributed by atoms with Gasteiger partial charge in [-0.2, -0.15) is 0 Å². The van der Waals surface area contributed by atoms with Crippen LogP contribution in [0.25, 0.3) is 0 Å². The summed E-state index contributed by atoms with van der Waals surface area (Å²) in [5.41, 5.74) is 5.48. The second kappa shape index (κ2) is 8.14. The van der Waals surface area contributed by atoms with Gasteiger partial charge in [-0.15, -0.1) is 11.8 Å². The number of nitrogens with two attached hydrogens (primary N) is 1. The summed E-state index contributed by atoms with van der Waals surface area (Å²) in [7, 11) is 0. The van der Waals surface area contributed by atoms with Gasteiger partial charge in [0.2, 0.25) is 11.8 Å².